The summed E-state index contributed by atoms with van der Waals surface area (Å²) < 4.78 is 7.21. The minimum absolute atomic E-state index is 0. The van der Waals surface area contributed by atoms with Crippen LogP contribution >= 0.6 is 57.1 Å². The van der Waals surface area contributed by atoms with Gasteiger partial charge in [-0.2, -0.15) is 0 Å². The maximum atomic E-state index is 12.3. The van der Waals surface area contributed by atoms with E-state index in [1.54, 1.807) is 0 Å². The maximum Gasteiger partial charge on any atom is 0.338 e. The van der Waals surface area contributed by atoms with Crippen molar-refractivity contribution in [1.29, 1.82) is 0 Å². The summed E-state index contributed by atoms with van der Waals surface area (Å²) in [5, 5.41) is 2.22. The van der Waals surface area contributed by atoms with Gasteiger partial charge in [0.05, 0.1) is 21.7 Å². The Bertz CT molecular complexity index is 857. The quantitative estimate of drug-likeness (QED) is 0.513. The molecular formula is C16H14Br2ClN3O4S. The van der Waals surface area contributed by atoms with Crippen molar-refractivity contribution in [2.75, 3.05) is 11.4 Å². The zero-order valence-corrected chi connectivity index (χ0v) is 18.6. The number of methoxy groups -OCH3 is 1. The molecule has 0 unspecified atom stereocenters. The van der Waals surface area contributed by atoms with Crippen molar-refractivity contribution < 1.29 is 19.1 Å². The van der Waals surface area contributed by atoms with Gasteiger partial charge in [-0.05, 0) is 68.3 Å². The fourth-order valence-electron chi connectivity index (χ4n) is 1.99. The molecule has 7 nitrogen and oxygen atoms in total. The number of primary amides is 1. The highest BCUT2D eigenvalue weighted by atomic mass is 79.9. The van der Waals surface area contributed by atoms with Crippen molar-refractivity contribution in [2.45, 2.75) is 0 Å². The molecule has 3 N–H and O–H groups in total. The van der Waals surface area contributed by atoms with Crippen LogP contribution in [0, 0.1) is 0 Å². The number of hydrogen-bond acceptors (Lipinski definition) is 5. The number of benzene rings is 2. The molecule has 0 atom stereocenters. The summed E-state index contributed by atoms with van der Waals surface area (Å²) in [6.07, 6.45) is 0. The molecule has 4 amide bonds. The second kappa shape index (κ2) is 9.98. The third-order valence-corrected chi connectivity index (χ3v) is 4.86. The Morgan fingerprint density at radius 3 is 2.04 bits per heavy atom. The molecule has 0 aliphatic heterocycles. The molecule has 2 aromatic carbocycles. The zero-order valence-electron chi connectivity index (χ0n) is 13.7. The van der Waals surface area contributed by atoms with Gasteiger partial charge in [-0.3, -0.25) is 14.9 Å². The second-order valence-electron chi connectivity index (χ2n) is 4.96. The van der Waals surface area contributed by atoms with Crippen LogP contribution in [-0.2, 0) is 0 Å². The van der Waals surface area contributed by atoms with Gasteiger partial charge in [0.25, 0.3) is 5.91 Å². The molecule has 0 aromatic heterocycles. The van der Waals surface area contributed by atoms with E-state index in [9.17, 15) is 14.4 Å². The van der Waals surface area contributed by atoms with Crippen LogP contribution in [0.15, 0.2) is 45.3 Å². The number of amides is 4. The van der Waals surface area contributed by atoms with E-state index in [0.29, 0.717) is 25.9 Å². The first kappa shape index (κ1) is 23.3. The first-order valence-corrected chi connectivity index (χ1v) is 9.00. The number of hydrogen-bond donors (Lipinski definition) is 3. The minimum atomic E-state index is -0.756. The molecule has 2 aromatic rings. The monoisotopic (exact) mass is 537 g/mol. The first-order chi connectivity index (χ1) is 12.2. The molecule has 0 fully saturated rings. The summed E-state index contributed by atoms with van der Waals surface area (Å²) in [4.78, 5) is 35.6. The van der Waals surface area contributed by atoms with Gasteiger partial charge >= 0.3 is 6.03 Å². The number of carbonyl (C=O) groups is 3. The lowest BCUT2D eigenvalue weighted by molar-refractivity contribution is 0.0964. The third kappa shape index (κ3) is 5.61. The van der Waals surface area contributed by atoms with E-state index in [1.807, 2.05) is 0 Å². The predicted molar refractivity (Wildman–Crippen MR) is 115 cm³/mol. The lowest BCUT2D eigenvalue weighted by Gasteiger charge is -2.16. The zero-order chi connectivity index (χ0) is 19.4. The fourth-order valence-corrected chi connectivity index (χ4v) is 3.69. The second-order valence-corrected chi connectivity index (χ2v) is 7.06. The van der Waals surface area contributed by atoms with Crippen molar-refractivity contribution >= 4 is 80.6 Å². The highest BCUT2D eigenvalue weighted by Gasteiger charge is 2.19. The standard InChI is InChI=1S/C16H13Br2N3O4S.ClH/c1-25-13-11(17)6-9(7-12(13)18)15(23)20-16(24)21(26)10-4-2-8(3-5-10)14(19)22;/h2-7,26H,1H3,(H2,19,22)(H,20,23,24);1H. The maximum absolute atomic E-state index is 12.3. The molecule has 0 radical (unpaired) electrons. The molecule has 0 saturated heterocycles. The van der Waals surface area contributed by atoms with E-state index in [1.165, 1.54) is 43.5 Å². The first-order valence-electron chi connectivity index (χ1n) is 7.01. The molecule has 0 heterocycles. The third-order valence-electron chi connectivity index (χ3n) is 3.27. The van der Waals surface area contributed by atoms with Crippen LogP contribution < -0.4 is 20.1 Å². The van der Waals surface area contributed by atoms with Crippen molar-refractivity contribution in [3.05, 3.63) is 56.5 Å². The largest absolute Gasteiger partial charge is 0.494 e. The van der Waals surface area contributed by atoms with Crippen molar-refractivity contribution in [2.24, 2.45) is 5.73 Å². The number of thiol groups is 1. The number of nitrogens with one attached hydrogen (secondary N) is 1. The van der Waals surface area contributed by atoms with E-state index in [-0.39, 0.29) is 18.0 Å². The van der Waals surface area contributed by atoms with Gasteiger partial charge in [-0.25, -0.2) is 9.10 Å². The Balaban J connectivity index is 0.00000364. The van der Waals surface area contributed by atoms with Gasteiger partial charge < -0.3 is 10.5 Å². The molecule has 2 rings (SSSR count). The Hall–Kier alpha value is -1.75. The fraction of sp³-hybridized carbons (Fsp3) is 0.0625. The molecule has 0 saturated carbocycles. The van der Waals surface area contributed by atoms with Gasteiger partial charge in [0.2, 0.25) is 5.91 Å². The Labute approximate surface area is 183 Å². The van der Waals surface area contributed by atoms with Gasteiger partial charge in [0, 0.05) is 11.1 Å². The summed E-state index contributed by atoms with van der Waals surface area (Å²) in [6.45, 7) is 0. The molecule has 0 aliphatic carbocycles. The summed E-state index contributed by atoms with van der Waals surface area (Å²) >= 11 is 10.7. The SMILES string of the molecule is COc1c(Br)cc(C(=O)NC(=O)N(S)c2ccc(C(N)=O)cc2)cc1Br.Cl. The number of carbonyl (C=O) groups excluding carboxylic acids is 3. The number of rotatable bonds is 4. The molecular weight excluding hydrogens is 526 g/mol. The van der Waals surface area contributed by atoms with Crippen molar-refractivity contribution in [1.82, 2.24) is 5.32 Å². The smallest absolute Gasteiger partial charge is 0.338 e. The number of ether oxygens (including phenoxy) is 1. The van der Waals surface area contributed by atoms with Crippen LogP contribution in [0.5, 0.6) is 5.75 Å². The lowest BCUT2D eigenvalue weighted by Crippen LogP contribution is -2.38. The minimum Gasteiger partial charge on any atom is -0.494 e. The summed E-state index contributed by atoms with van der Waals surface area (Å²) in [5.41, 5.74) is 6.06. The molecule has 27 heavy (non-hydrogen) atoms. The van der Waals surface area contributed by atoms with Gasteiger partial charge in [0.1, 0.15) is 5.75 Å². The average molecular weight is 540 g/mol. The van der Waals surface area contributed by atoms with Crippen molar-refractivity contribution in [3.8, 4) is 5.75 Å². The van der Waals surface area contributed by atoms with Crippen LogP contribution in [0.3, 0.4) is 0 Å². The van der Waals surface area contributed by atoms with E-state index >= 15 is 0 Å². The van der Waals surface area contributed by atoms with Gasteiger partial charge in [-0.15, -0.1) is 12.4 Å². The Morgan fingerprint density at radius 2 is 1.59 bits per heavy atom. The summed E-state index contributed by atoms with van der Waals surface area (Å²) in [7, 11) is 1.50. The Kier molecular flexibility index (Phi) is 8.60. The van der Waals surface area contributed by atoms with Gasteiger partial charge in [-0.1, -0.05) is 12.8 Å². The van der Waals surface area contributed by atoms with Crippen LogP contribution in [0.25, 0.3) is 0 Å². The number of anilines is 1. The number of nitrogens with zero attached hydrogens (tertiary/aromatic N) is 1. The highest BCUT2D eigenvalue weighted by molar-refractivity contribution is 9.11. The van der Waals surface area contributed by atoms with Crippen molar-refractivity contribution in [3.63, 3.8) is 0 Å². The number of urea groups is 1. The number of nitrogens with two attached hydrogens (primary N) is 1. The molecule has 11 heteroatoms. The highest BCUT2D eigenvalue weighted by Crippen LogP contribution is 2.34. The normalized spacial score (nSPS) is 9.78. The Morgan fingerprint density at radius 1 is 1.07 bits per heavy atom. The predicted octanol–water partition coefficient (Wildman–Crippen LogP) is 3.94. The van der Waals surface area contributed by atoms with E-state index in [4.69, 9.17) is 10.5 Å². The number of imide groups is 1. The summed E-state index contributed by atoms with van der Waals surface area (Å²) in [6, 6.07) is 8.16. The molecule has 0 bridgehead atoms. The van der Waals surface area contributed by atoms with Crippen LogP contribution in [-0.4, -0.2) is 25.0 Å². The van der Waals surface area contributed by atoms with Crippen LogP contribution in [0.1, 0.15) is 20.7 Å². The van der Waals surface area contributed by atoms with Gasteiger partial charge in [0.15, 0.2) is 0 Å². The van der Waals surface area contributed by atoms with E-state index < -0.39 is 17.8 Å². The van der Waals surface area contributed by atoms with E-state index in [0.717, 1.165) is 4.31 Å². The molecule has 0 aliphatic rings. The number of halogens is 3. The van der Waals surface area contributed by atoms with Crippen LogP contribution in [0.4, 0.5) is 10.5 Å². The summed E-state index contributed by atoms with van der Waals surface area (Å²) in [5.74, 6) is -0.678. The molecule has 0 spiro atoms. The topological polar surface area (TPSA) is 102 Å². The average Bonchev–Trinajstić information content (AvgIpc) is 2.60. The molecule has 144 valence electrons. The lowest BCUT2D eigenvalue weighted by atomic mass is 10.2. The van der Waals surface area contributed by atoms with E-state index in [2.05, 4.69) is 50.0 Å². The van der Waals surface area contributed by atoms with Crippen LogP contribution in [0.2, 0.25) is 0 Å².